The first kappa shape index (κ1) is 20.5. The first-order chi connectivity index (χ1) is 14.6. The number of piperidine rings is 1. The molecule has 30 heavy (non-hydrogen) atoms. The zero-order valence-electron chi connectivity index (χ0n) is 17.0. The molecule has 156 valence electrons. The number of benzene rings is 2. The third-order valence-electron chi connectivity index (χ3n) is 5.45. The number of nitrogens with zero attached hydrogens (tertiary/aromatic N) is 2. The van der Waals surface area contributed by atoms with Crippen molar-refractivity contribution in [3.8, 4) is 5.75 Å². The maximum atomic E-state index is 12.8. The Morgan fingerprint density at radius 2 is 2.07 bits per heavy atom. The molecule has 0 unspecified atom stereocenters. The zero-order chi connectivity index (χ0) is 20.9. The number of hydrogen-bond acceptors (Lipinski definition) is 4. The van der Waals surface area contributed by atoms with Gasteiger partial charge in [0.1, 0.15) is 11.5 Å². The number of aromatic nitrogens is 1. The van der Waals surface area contributed by atoms with E-state index in [0.29, 0.717) is 30.3 Å². The lowest BCUT2D eigenvalue weighted by Gasteiger charge is -2.31. The topological polar surface area (TPSA) is 55.6 Å². The van der Waals surface area contributed by atoms with E-state index in [-0.39, 0.29) is 11.8 Å². The van der Waals surface area contributed by atoms with Crippen molar-refractivity contribution >= 4 is 17.5 Å². The highest BCUT2D eigenvalue weighted by Crippen LogP contribution is 2.28. The summed E-state index contributed by atoms with van der Waals surface area (Å²) in [5, 5.41) is 0.713. The fraction of sp³-hybridized carbons (Fsp3) is 0.333. The number of hydrogen-bond donors (Lipinski definition) is 0. The van der Waals surface area contributed by atoms with Crippen LogP contribution in [0, 0.1) is 0 Å². The first-order valence-electron chi connectivity index (χ1n) is 10.2. The van der Waals surface area contributed by atoms with Crippen molar-refractivity contribution in [2.45, 2.75) is 31.6 Å². The van der Waals surface area contributed by atoms with Gasteiger partial charge in [0.15, 0.2) is 5.89 Å². The molecule has 1 aromatic heterocycles. The Morgan fingerprint density at radius 1 is 1.23 bits per heavy atom. The number of oxazole rings is 1. The normalized spacial score (nSPS) is 16.5. The fourth-order valence-electron chi connectivity index (χ4n) is 3.92. The van der Waals surface area contributed by atoms with Crippen LogP contribution in [0.5, 0.6) is 5.75 Å². The Balaban J connectivity index is 1.39. The quantitative estimate of drug-likeness (QED) is 0.566. The van der Waals surface area contributed by atoms with Crippen molar-refractivity contribution in [1.29, 1.82) is 0 Å². The number of ether oxygens (including phenoxy) is 1. The van der Waals surface area contributed by atoms with Crippen LogP contribution in [0.4, 0.5) is 0 Å². The highest BCUT2D eigenvalue weighted by Gasteiger charge is 2.28. The molecule has 1 amide bonds. The van der Waals surface area contributed by atoms with Crippen LogP contribution in [0.2, 0.25) is 5.02 Å². The average Bonchev–Trinajstić information content (AvgIpc) is 3.22. The summed E-state index contributed by atoms with van der Waals surface area (Å²) in [6, 6.07) is 15.4. The van der Waals surface area contributed by atoms with Gasteiger partial charge in [-0.3, -0.25) is 4.79 Å². The van der Waals surface area contributed by atoms with Crippen molar-refractivity contribution in [2.75, 3.05) is 20.2 Å². The molecule has 0 saturated carbocycles. The molecule has 2 heterocycles. The summed E-state index contributed by atoms with van der Waals surface area (Å²) in [6.07, 6.45) is 4.72. The molecular weight excluding hydrogens is 400 g/mol. The fourth-order valence-corrected chi connectivity index (χ4v) is 4.13. The summed E-state index contributed by atoms with van der Waals surface area (Å²) in [5.41, 5.74) is 2.05. The van der Waals surface area contributed by atoms with Crippen LogP contribution < -0.4 is 4.74 Å². The summed E-state index contributed by atoms with van der Waals surface area (Å²) >= 11 is 6.07. The number of rotatable bonds is 6. The smallest absolute Gasteiger partial charge is 0.227 e. The van der Waals surface area contributed by atoms with Gasteiger partial charge in [0.2, 0.25) is 5.91 Å². The predicted molar refractivity (Wildman–Crippen MR) is 116 cm³/mol. The van der Waals surface area contributed by atoms with Gasteiger partial charge in [0.05, 0.1) is 25.6 Å². The molecule has 2 aromatic carbocycles. The van der Waals surface area contributed by atoms with Crippen LogP contribution in [0.25, 0.3) is 0 Å². The summed E-state index contributed by atoms with van der Waals surface area (Å²) in [6.45, 7) is 1.41. The van der Waals surface area contributed by atoms with Crippen molar-refractivity contribution < 1.29 is 13.9 Å². The molecule has 3 aromatic rings. The second kappa shape index (κ2) is 9.35. The van der Waals surface area contributed by atoms with Crippen molar-refractivity contribution in [1.82, 2.24) is 9.88 Å². The van der Waals surface area contributed by atoms with Gasteiger partial charge < -0.3 is 14.1 Å². The van der Waals surface area contributed by atoms with Crippen LogP contribution in [0.1, 0.15) is 41.5 Å². The molecule has 1 atom stereocenters. The highest BCUT2D eigenvalue weighted by molar-refractivity contribution is 6.30. The van der Waals surface area contributed by atoms with E-state index in [9.17, 15) is 4.79 Å². The second-order valence-electron chi connectivity index (χ2n) is 7.68. The maximum absolute atomic E-state index is 12.8. The van der Waals surface area contributed by atoms with Crippen molar-refractivity contribution in [3.05, 3.63) is 82.5 Å². The van der Waals surface area contributed by atoms with Gasteiger partial charge in [0, 0.05) is 24.5 Å². The Hall–Kier alpha value is -2.79. The Morgan fingerprint density at radius 3 is 2.90 bits per heavy atom. The number of amides is 1. The minimum Gasteiger partial charge on any atom is -0.497 e. The lowest BCUT2D eigenvalue weighted by Crippen LogP contribution is -2.40. The Kier molecular flexibility index (Phi) is 6.38. The van der Waals surface area contributed by atoms with Crippen LogP contribution in [0.15, 0.2) is 59.1 Å². The van der Waals surface area contributed by atoms with Gasteiger partial charge in [-0.15, -0.1) is 0 Å². The van der Waals surface area contributed by atoms with E-state index in [4.69, 9.17) is 20.8 Å². The van der Waals surface area contributed by atoms with Gasteiger partial charge in [-0.1, -0.05) is 35.9 Å². The Bertz CT molecular complexity index is 1020. The third-order valence-corrected chi connectivity index (χ3v) is 5.69. The minimum atomic E-state index is 0.124. The van der Waals surface area contributed by atoms with Crippen molar-refractivity contribution in [2.24, 2.45) is 0 Å². The van der Waals surface area contributed by atoms with E-state index in [2.05, 4.69) is 4.98 Å². The number of carbonyl (C=O) groups is 1. The number of likely N-dealkylation sites (tertiary alicyclic amines) is 1. The predicted octanol–water partition coefficient (Wildman–Crippen LogP) is 4.88. The van der Waals surface area contributed by atoms with E-state index in [1.54, 1.807) is 13.3 Å². The van der Waals surface area contributed by atoms with Crippen LogP contribution in [-0.4, -0.2) is 36.0 Å². The Labute approximate surface area is 181 Å². The van der Waals surface area contributed by atoms with Crippen molar-refractivity contribution in [3.63, 3.8) is 0 Å². The van der Waals surface area contributed by atoms with E-state index in [0.717, 1.165) is 42.0 Å². The molecule has 1 fully saturated rings. The molecule has 6 heteroatoms. The van der Waals surface area contributed by atoms with E-state index >= 15 is 0 Å². The molecule has 0 N–H and O–H groups in total. The molecule has 4 rings (SSSR count). The molecule has 0 radical (unpaired) electrons. The number of halogens is 1. The standard InChI is InChI=1S/C24H25ClN2O3/c1-29-21-9-3-6-18(12-21)14-23(28)27-10-4-7-19(16-27)24-26-15-22(30-24)13-17-5-2-8-20(25)11-17/h2-3,5-6,8-9,11-12,15,19H,4,7,10,13-14,16H2,1H3/t19-/m0/s1. The molecule has 5 nitrogen and oxygen atoms in total. The molecule has 1 saturated heterocycles. The third kappa shape index (κ3) is 5.03. The summed E-state index contributed by atoms with van der Waals surface area (Å²) in [7, 11) is 1.63. The van der Waals surface area contributed by atoms with Gasteiger partial charge in [0.25, 0.3) is 0 Å². The zero-order valence-corrected chi connectivity index (χ0v) is 17.8. The van der Waals surface area contributed by atoms with Gasteiger partial charge >= 0.3 is 0 Å². The molecule has 0 bridgehead atoms. The van der Waals surface area contributed by atoms with Gasteiger partial charge in [-0.2, -0.15) is 0 Å². The second-order valence-corrected chi connectivity index (χ2v) is 8.12. The lowest BCUT2D eigenvalue weighted by atomic mass is 9.97. The van der Waals surface area contributed by atoms with Crippen LogP contribution in [-0.2, 0) is 17.6 Å². The lowest BCUT2D eigenvalue weighted by molar-refractivity contribution is -0.131. The van der Waals surface area contributed by atoms with Crippen LogP contribution in [0.3, 0.4) is 0 Å². The number of methoxy groups -OCH3 is 1. The highest BCUT2D eigenvalue weighted by atomic mass is 35.5. The summed E-state index contributed by atoms with van der Waals surface area (Å²) in [5.74, 6) is 2.54. The first-order valence-corrected chi connectivity index (χ1v) is 10.6. The average molecular weight is 425 g/mol. The SMILES string of the molecule is COc1cccc(CC(=O)N2CCC[C@H](c3ncc(Cc4cccc(Cl)c4)o3)C2)c1. The van der Waals surface area contributed by atoms with E-state index in [1.165, 1.54) is 0 Å². The summed E-state index contributed by atoms with van der Waals surface area (Å²) in [4.78, 5) is 19.3. The minimum absolute atomic E-state index is 0.124. The summed E-state index contributed by atoms with van der Waals surface area (Å²) < 4.78 is 11.3. The molecule has 1 aliphatic rings. The molecule has 0 aliphatic carbocycles. The van der Waals surface area contributed by atoms with Gasteiger partial charge in [-0.25, -0.2) is 4.98 Å². The van der Waals surface area contributed by atoms with E-state index < -0.39 is 0 Å². The number of carbonyl (C=O) groups excluding carboxylic acids is 1. The molecular formula is C24H25ClN2O3. The van der Waals surface area contributed by atoms with E-state index in [1.807, 2.05) is 53.4 Å². The van der Waals surface area contributed by atoms with Crippen LogP contribution >= 0.6 is 11.6 Å². The largest absolute Gasteiger partial charge is 0.497 e. The molecule has 1 aliphatic heterocycles. The maximum Gasteiger partial charge on any atom is 0.227 e. The monoisotopic (exact) mass is 424 g/mol. The van der Waals surface area contributed by atoms with Gasteiger partial charge in [-0.05, 0) is 48.2 Å². The molecule has 0 spiro atoms.